The van der Waals surface area contributed by atoms with E-state index in [-0.39, 0.29) is 22.1 Å². The van der Waals surface area contributed by atoms with Crippen molar-refractivity contribution in [3.63, 3.8) is 0 Å². The van der Waals surface area contributed by atoms with Gasteiger partial charge in [-0.25, -0.2) is 18.6 Å². The predicted molar refractivity (Wildman–Crippen MR) is 121 cm³/mol. The predicted octanol–water partition coefficient (Wildman–Crippen LogP) is 6.23. The van der Waals surface area contributed by atoms with Gasteiger partial charge in [-0.2, -0.15) is 13.2 Å². The Morgan fingerprint density at radius 3 is 2.31 bits per heavy atom. The quantitative estimate of drug-likeness (QED) is 0.232. The van der Waals surface area contributed by atoms with Crippen LogP contribution in [0.1, 0.15) is 26.3 Å². The second kappa shape index (κ2) is 10.6. The van der Waals surface area contributed by atoms with Crippen LogP contribution in [0.3, 0.4) is 0 Å². The second-order valence-corrected chi connectivity index (χ2v) is 9.14. The molecular formula is C23H20F5N3O4S. The number of hydroxylamine groups is 1. The van der Waals surface area contributed by atoms with Gasteiger partial charge in [-0.05, 0) is 57.2 Å². The Morgan fingerprint density at radius 2 is 1.72 bits per heavy atom. The molecule has 0 saturated heterocycles. The molecule has 0 aliphatic rings. The molecule has 36 heavy (non-hydrogen) atoms. The Bertz CT molecular complexity index is 1240. The van der Waals surface area contributed by atoms with Crippen LogP contribution >= 0.6 is 11.3 Å². The third-order valence-electron chi connectivity index (χ3n) is 4.36. The van der Waals surface area contributed by atoms with Crippen molar-refractivity contribution >= 4 is 34.2 Å². The molecule has 0 spiro atoms. The van der Waals surface area contributed by atoms with E-state index in [2.05, 4.69) is 15.3 Å². The van der Waals surface area contributed by atoms with Crippen LogP contribution in [0.2, 0.25) is 0 Å². The highest BCUT2D eigenvalue weighted by molar-refractivity contribution is 7.14. The van der Waals surface area contributed by atoms with Crippen molar-refractivity contribution in [2.45, 2.75) is 32.5 Å². The fourth-order valence-electron chi connectivity index (χ4n) is 2.86. The first-order chi connectivity index (χ1) is 16.7. The number of hydrogen-bond donors (Lipinski definition) is 1. The van der Waals surface area contributed by atoms with Crippen LogP contribution in [0, 0.1) is 11.6 Å². The molecule has 1 amide bonds. The van der Waals surface area contributed by atoms with E-state index in [0.717, 1.165) is 46.6 Å². The van der Waals surface area contributed by atoms with Gasteiger partial charge in [0.1, 0.15) is 23.8 Å². The molecule has 13 heteroatoms. The Balaban J connectivity index is 1.88. The third-order valence-corrected chi connectivity index (χ3v) is 5.19. The van der Waals surface area contributed by atoms with Crippen molar-refractivity contribution in [3.05, 3.63) is 65.0 Å². The van der Waals surface area contributed by atoms with E-state index in [1.807, 2.05) is 0 Å². The highest BCUT2D eigenvalue weighted by atomic mass is 32.1. The minimum atomic E-state index is -4.59. The number of ether oxygens (including phenoxy) is 1. The average molecular weight is 529 g/mol. The Labute approximate surface area is 206 Å². The lowest BCUT2D eigenvalue weighted by atomic mass is 10.1. The molecule has 3 aromatic rings. The number of benzene rings is 2. The smallest absolute Gasteiger partial charge is 0.427 e. The van der Waals surface area contributed by atoms with Gasteiger partial charge in [-0.15, -0.1) is 16.8 Å². The Kier molecular flexibility index (Phi) is 7.94. The van der Waals surface area contributed by atoms with E-state index < -0.39 is 47.6 Å². The number of thiazole rings is 1. The number of carbonyl (C=O) groups excluding carboxylic acids is 2. The molecule has 1 heterocycles. The number of amides is 1. The van der Waals surface area contributed by atoms with E-state index in [9.17, 15) is 31.5 Å². The maximum Gasteiger partial charge on any atom is 0.528 e. The van der Waals surface area contributed by atoms with Gasteiger partial charge in [0.25, 0.3) is 5.91 Å². The second-order valence-electron chi connectivity index (χ2n) is 8.30. The number of nitrogens with one attached hydrogen (secondary N) is 1. The van der Waals surface area contributed by atoms with Crippen LogP contribution in [-0.4, -0.2) is 29.2 Å². The maximum absolute atomic E-state index is 14.2. The summed E-state index contributed by atoms with van der Waals surface area (Å²) in [4.78, 5) is 34.5. The first-order valence-electron chi connectivity index (χ1n) is 10.3. The number of rotatable bonds is 6. The SMILES string of the molecule is CC(C)(C)OC(=O)ONCC(=O)N(c1ccc(C(F)(F)F)cc1)c1nc(-c2ccc(F)cc2F)cs1. The summed E-state index contributed by atoms with van der Waals surface area (Å²) < 4.78 is 71.4. The lowest BCUT2D eigenvalue weighted by Gasteiger charge is -2.21. The van der Waals surface area contributed by atoms with Gasteiger partial charge in [0, 0.05) is 17.0 Å². The zero-order chi connectivity index (χ0) is 26.7. The van der Waals surface area contributed by atoms with Gasteiger partial charge in [-0.1, -0.05) is 0 Å². The topological polar surface area (TPSA) is 80.8 Å². The van der Waals surface area contributed by atoms with Crippen molar-refractivity contribution < 1.29 is 41.1 Å². The van der Waals surface area contributed by atoms with E-state index in [1.54, 1.807) is 20.8 Å². The summed E-state index contributed by atoms with van der Waals surface area (Å²) in [5, 5.41) is 1.39. The van der Waals surface area contributed by atoms with Crippen LogP contribution in [0.25, 0.3) is 11.3 Å². The van der Waals surface area contributed by atoms with Crippen molar-refractivity contribution in [1.29, 1.82) is 0 Å². The summed E-state index contributed by atoms with van der Waals surface area (Å²) in [6.45, 7) is 4.22. The van der Waals surface area contributed by atoms with Crippen molar-refractivity contribution in [3.8, 4) is 11.3 Å². The molecule has 192 valence electrons. The van der Waals surface area contributed by atoms with E-state index in [1.165, 1.54) is 11.4 Å². The van der Waals surface area contributed by atoms with Crippen LogP contribution in [0.4, 0.5) is 37.6 Å². The molecule has 0 aliphatic carbocycles. The number of anilines is 2. The minimum Gasteiger partial charge on any atom is -0.427 e. The van der Waals surface area contributed by atoms with Gasteiger partial charge in [0.15, 0.2) is 5.13 Å². The summed E-state index contributed by atoms with van der Waals surface area (Å²) in [5.41, 5.74) is 0.432. The number of alkyl halides is 3. The van der Waals surface area contributed by atoms with Crippen LogP contribution in [0.5, 0.6) is 0 Å². The first-order valence-corrected chi connectivity index (χ1v) is 11.2. The normalized spacial score (nSPS) is 11.8. The average Bonchev–Trinajstić information content (AvgIpc) is 3.21. The highest BCUT2D eigenvalue weighted by Gasteiger charge is 2.31. The highest BCUT2D eigenvalue weighted by Crippen LogP contribution is 2.35. The first kappa shape index (κ1) is 27.0. The minimum absolute atomic E-state index is 0.0162. The summed E-state index contributed by atoms with van der Waals surface area (Å²) in [7, 11) is 0. The number of hydrogen-bond acceptors (Lipinski definition) is 7. The fraction of sp³-hybridized carbons (Fsp3) is 0.261. The summed E-state index contributed by atoms with van der Waals surface area (Å²) in [6.07, 6.45) is -5.69. The van der Waals surface area contributed by atoms with Gasteiger partial charge in [0.05, 0.1) is 16.9 Å². The van der Waals surface area contributed by atoms with Crippen LogP contribution in [0.15, 0.2) is 47.8 Å². The molecule has 1 N–H and O–H groups in total. The molecule has 2 aromatic carbocycles. The van der Waals surface area contributed by atoms with Crippen LogP contribution < -0.4 is 10.4 Å². The zero-order valence-corrected chi connectivity index (χ0v) is 20.0. The molecular weight excluding hydrogens is 509 g/mol. The standard InChI is InChI=1S/C23H20F5N3O4S/c1-22(2,3)34-21(33)35-29-11-19(32)31(15-7-4-13(5-8-15)23(26,27)28)20-30-18(12-36-20)16-9-6-14(24)10-17(16)25/h4-10,12,29H,11H2,1-3H3. The molecule has 0 bridgehead atoms. The van der Waals surface area contributed by atoms with Gasteiger partial charge in [-0.3, -0.25) is 9.69 Å². The number of halogens is 5. The molecule has 0 unspecified atom stereocenters. The van der Waals surface area contributed by atoms with Crippen molar-refractivity contribution in [1.82, 2.24) is 10.5 Å². The number of aromatic nitrogens is 1. The fourth-order valence-corrected chi connectivity index (χ4v) is 3.72. The molecule has 7 nitrogen and oxygen atoms in total. The third kappa shape index (κ3) is 6.98. The Morgan fingerprint density at radius 1 is 1.06 bits per heavy atom. The van der Waals surface area contributed by atoms with Gasteiger partial charge in [0.2, 0.25) is 0 Å². The monoisotopic (exact) mass is 529 g/mol. The van der Waals surface area contributed by atoms with Crippen molar-refractivity contribution in [2.75, 3.05) is 11.4 Å². The lowest BCUT2D eigenvalue weighted by molar-refractivity contribution is -0.137. The molecule has 0 radical (unpaired) electrons. The van der Waals surface area contributed by atoms with Crippen molar-refractivity contribution in [2.24, 2.45) is 0 Å². The zero-order valence-electron chi connectivity index (χ0n) is 19.2. The molecule has 0 aliphatic heterocycles. The maximum atomic E-state index is 14.2. The molecule has 0 saturated carbocycles. The molecule has 0 atom stereocenters. The van der Waals surface area contributed by atoms with E-state index >= 15 is 0 Å². The largest absolute Gasteiger partial charge is 0.528 e. The van der Waals surface area contributed by atoms with E-state index in [4.69, 9.17) is 4.74 Å². The molecule has 1 aromatic heterocycles. The van der Waals surface area contributed by atoms with Crippen LogP contribution in [-0.2, 0) is 20.5 Å². The number of nitrogens with zero attached hydrogens (tertiary/aromatic N) is 2. The number of carbonyl (C=O) groups is 2. The summed E-state index contributed by atoms with van der Waals surface area (Å²) >= 11 is 0.897. The van der Waals surface area contributed by atoms with Gasteiger partial charge >= 0.3 is 12.3 Å². The van der Waals surface area contributed by atoms with Gasteiger partial charge < -0.3 is 9.57 Å². The van der Waals surface area contributed by atoms with E-state index in [0.29, 0.717) is 6.07 Å². The lowest BCUT2D eigenvalue weighted by Crippen LogP contribution is -2.37. The molecule has 3 rings (SSSR count). The molecule has 0 fully saturated rings. The Hall–Kier alpha value is -3.58. The summed E-state index contributed by atoms with van der Waals surface area (Å²) in [6, 6.07) is 6.58. The summed E-state index contributed by atoms with van der Waals surface area (Å²) in [5.74, 6) is -2.44.